The van der Waals surface area contributed by atoms with Gasteiger partial charge in [0.2, 0.25) is 0 Å². The predicted octanol–water partition coefficient (Wildman–Crippen LogP) is 4.92. The number of nitrogens with zero attached hydrogens (tertiary/aromatic N) is 2. The van der Waals surface area contributed by atoms with Crippen LogP contribution in [0.2, 0.25) is 0 Å². The van der Waals surface area contributed by atoms with Gasteiger partial charge >= 0.3 is 0 Å². The van der Waals surface area contributed by atoms with Crippen molar-refractivity contribution in [2.75, 3.05) is 0 Å². The molecule has 2 aromatic heterocycles. The van der Waals surface area contributed by atoms with E-state index in [0.717, 1.165) is 35.4 Å². The molecular formula is C22H24N2O. The predicted molar refractivity (Wildman–Crippen MR) is 101 cm³/mol. The molecule has 0 atom stereocenters. The van der Waals surface area contributed by atoms with Crippen LogP contribution < -0.4 is 0 Å². The number of hydrogen-bond acceptors (Lipinski definition) is 2. The van der Waals surface area contributed by atoms with Crippen LogP contribution in [-0.2, 0) is 11.2 Å². The van der Waals surface area contributed by atoms with Crippen LogP contribution in [-0.4, -0.2) is 15.2 Å². The molecule has 1 aromatic carbocycles. The van der Waals surface area contributed by atoms with Gasteiger partial charge < -0.3 is 4.40 Å². The quantitative estimate of drug-likeness (QED) is 0.679. The van der Waals surface area contributed by atoms with Crippen LogP contribution in [0.15, 0.2) is 42.6 Å². The molecular weight excluding hydrogens is 308 g/mol. The number of carbonyl (C=O) groups is 1. The van der Waals surface area contributed by atoms with Gasteiger partial charge in [0.25, 0.3) is 0 Å². The van der Waals surface area contributed by atoms with Crippen molar-refractivity contribution in [3.05, 3.63) is 59.4 Å². The Hall–Kier alpha value is -2.42. The van der Waals surface area contributed by atoms with E-state index in [1.807, 2.05) is 6.07 Å². The summed E-state index contributed by atoms with van der Waals surface area (Å²) in [5.41, 5.74) is 6.37. The lowest BCUT2D eigenvalue weighted by atomic mass is 9.97. The van der Waals surface area contributed by atoms with Crippen molar-refractivity contribution < 1.29 is 4.79 Å². The number of aromatic nitrogens is 2. The zero-order valence-corrected chi connectivity index (χ0v) is 15.0. The molecule has 0 unspecified atom stereocenters. The summed E-state index contributed by atoms with van der Waals surface area (Å²) in [7, 11) is 0. The number of carbonyl (C=O) groups excluding carboxylic acids is 1. The van der Waals surface area contributed by atoms with E-state index >= 15 is 0 Å². The molecule has 3 nitrogen and oxygen atoms in total. The van der Waals surface area contributed by atoms with Crippen LogP contribution in [0.1, 0.15) is 42.5 Å². The van der Waals surface area contributed by atoms with Crippen molar-refractivity contribution in [3.63, 3.8) is 0 Å². The monoisotopic (exact) mass is 332 g/mol. The Labute approximate surface area is 148 Å². The third-order valence-corrected chi connectivity index (χ3v) is 5.34. The summed E-state index contributed by atoms with van der Waals surface area (Å²) in [6, 6.07) is 12.5. The number of imidazole rings is 1. The number of pyridine rings is 1. The maximum Gasteiger partial charge on any atom is 0.141 e. The highest BCUT2D eigenvalue weighted by Crippen LogP contribution is 2.30. The average Bonchev–Trinajstić information content (AvgIpc) is 3.24. The topological polar surface area (TPSA) is 34.4 Å². The summed E-state index contributed by atoms with van der Waals surface area (Å²) in [4.78, 5) is 17.7. The number of aryl methyl sites for hydroxylation is 2. The van der Waals surface area contributed by atoms with Crippen molar-refractivity contribution in [2.24, 2.45) is 5.92 Å². The summed E-state index contributed by atoms with van der Waals surface area (Å²) >= 11 is 0. The van der Waals surface area contributed by atoms with Crippen molar-refractivity contribution in [1.29, 1.82) is 0 Å². The largest absolute Gasteiger partial charge is 0.303 e. The van der Waals surface area contributed by atoms with Crippen LogP contribution in [0, 0.1) is 19.8 Å². The molecule has 0 radical (unpaired) electrons. The normalized spacial score (nSPS) is 15.1. The summed E-state index contributed by atoms with van der Waals surface area (Å²) in [5, 5.41) is 0. The molecule has 1 aliphatic carbocycles. The minimum absolute atomic E-state index is 0.237. The molecule has 1 saturated carbocycles. The average molecular weight is 332 g/mol. The molecule has 0 bridgehead atoms. The first-order chi connectivity index (χ1) is 12.1. The highest BCUT2D eigenvalue weighted by Gasteiger charge is 2.25. The lowest BCUT2D eigenvalue weighted by Crippen LogP contribution is -2.15. The number of Topliss-reactive ketones (excluding diaryl/α,β-unsaturated/α-hetero) is 1. The van der Waals surface area contributed by atoms with Gasteiger partial charge in [-0.3, -0.25) is 4.79 Å². The van der Waals surface area contributed by atoms with Gasteiger partial charge in [-0.15, -0.1) is 0 Å². The van der Waals surface area contributed by atoms with Gasteiger partial charge in [0.1, 0.15) is 11.4 Å². The second-order valence-corrected chi connectivity index (χ2v) is 7.33. The van der Waals surface area contributed by atoms with Crippen LogP contribution in [0.4, 0.5) is 0 Å². The van der Waals surface area contributed by atoms with Crippen LogP contribution in [0.25, 0.3) is 16.9 Å². The molecule has 4 rings (SSSR count). The number of rotatable bonds is 4. The molecule has 0 aliphatic heterocycles. The van der Waals surface area contributed by atoms with E-state index in [2.05, 4.69) is 54.8 Å². The van der Waals surface area contributed by atoms with Gasteiger partial charge in [0, 0.05) is 24.1 Å². The summed E-state index contributed by atoms with van der Waals surface area (Å²) in [6.45, 7) is 4.16. The van der Waals surface area contributed by atoms with E-state index in [1.54, 1.807) is 0 Å². The highest BCUT2D eigenvalue weighted by molar-refractivity contribution is 5.85. The van der Waals surface area contributed by atoms with Gasteiger partial charge in [-0.1, -0.05) is 48.7 Å². The van der Waals surface area contributed by atoms with Crippen molar-refractivity contribution in [2.45, 2.75) is 46.0 Å². The van der Waals surface area contributed by atoms with Crippen molar-refractivity contribution in [1.82, 2.24) is 9.38 Å². The van der Waals surface area contributed by atoms with E-state index in [1.165, 1.54) is 24.0 Å². The third-order valence-electron chi connectivity index (χ3n) is 5.34. The van der Waals surface area contributed by atoms with Gasteiger partial charge in [0.15, 0.2) is 0 Å². The molecule has 0 N–H and O–H groups in total. The lowest BCUT2D eigenvalue weighted by molar-refractivity contribution is -0.122. The Morgan fingerprint density at radius 1 is 1.04 bits per heavy atom. The van der Waals surface area contributed by atoms with Crippen LogP contribution in [0.3, 0.4) is 0 Å². The van der Waals surface area contributed by atoms with Gasteiger partial charge in [-0.25, -0.2) is 4.98 Å². The number of hydrogen-bond donors (Lipinski definition) is 0. The second-order valence-electron chi connectivity index (χ2n) is 7.33. The maximum absolute atomic E-state index is 12.8. The van der Waals surface area contributed by atoms with E-state index in [0.29, 0.717) is 12.2 Å². The first kappa shape index (κ1) is 16.1. The minimum atomic E-state index is 0.237. The molecule has 0 spiro atoms. The third kappa shape index (κ3) is 3.11. The molecule has 3 aromatic rings. The summed E-state index contributed by atoms with van der Waals surface area (Å²) in [6.07, 6.45) is 7.04. The van der Waals surface area contributed by atoms with Crippen molar-refractivity contribution in [3.8, 4) is 11.3 Å². The zero-order chi connectivity index (χ0) is 17.4. The smallest absolute Gasteiger partial charge is 0.141 e. The summed E-state index contributed by atoms with van der Waals surface area (Å²) in [5.74, 6) is 0.607. The SMILES string of the molecule is Cc1ccc(-c2nc3ccc(C)cn3c2CC(=O)C2CCCC2)cc1. The number of fused-ring (bicyclic) bond motifs is 1. The molecule has 25 heavy (non-hydrogen) atoms. The molecule has 2 heterocycles. The minimum Gasteiger partial charge on any atom is -0.303 e. The fraction of sp³-hybridized carbons (Fsp3) is 0.364. The van der Waals surface area contributed by atoms with Gasteiger partial charge in [0.05, 0.1) is 11.4 Å². The lowest BCUT2D eigenvalue weighted by Gasteiger charge is -2.10. The number of benzene rings is 1. The molecule has 1 aliphatic rings. The molecule has 1 fully saturated rings. The fourth-order valence-electron chi connectivity index (χ4n) is 3.87. The van der Waals surface area contributed by atoms with Crippen LogP contribution in [0.5, 0.6) is 0 Å². The van der Waals surface area contributed by atoms with E-state index < -0.39 is 0 Å². The Balaban J connectivity index is 1.80. The Morgan fingerprint density at radius 3 is 2.44 bits per heavy atom. The highest BCUT2D eigenvalue weighted by atomic mass is 16.1. The standard InChI is InChI=1S/C22H24N2O/c1-15-7-10-18(11-8-15)22-19(13-20(25)17-5-3-4-6-17)24-14-16(2)9-12-21(24)23-22/h7-12,14,17H,3-6,13H2,1-2H3. The number of ketones is 1. The first-order valence-electron chi connectivity index (χ1n) is 9.19. The first-order valence-corrected chi connectivity index (χ1v) is 9.19. The Bertz CT molecular complexity index is 915. The Kier molecular flexibility index (Phi) is 4.16. The molecule has 128 valence electrons. The zero-order valence-electron chi connectivity index (χ0n) is 15.0. The molecule has 3 heteroatoms. The van der Waals surface area contributed by atoms with E-state index in [4.69, 9.17) is 4.98 Å². The van der Waals surface area contributed by atoms with Gasteiger partial charge in [-0.05, 0) is 38.3 Å². The Morgan fingerprint density at radius 2 is 1.72 bits per heavy atom. The van der Waals surface area contributed by atoms with Crippen molar-refractivity contribution >= 4 is 11.4 Å². The molecule has 0 amide bonds. The van der Waals surface area contributed by atoms with E-state index in [-0.39, 0.29) is 5.92 Å². The summed E-state index contributed by atoms with van der Waals surface area (Å²) < 4.78 is 2.11. The second kappa shape index (κ2) is 6.47. The van der Waals surface area contributed by atoms with E-state index in [9.17, 15) is 4.79 Å². The maximum atomic E-state index is 12.8. The van der Waals surface area contributed by atoms with Gasteiger partial charge in [-0.2, -0.15) is 0 Å². The fourth-order valence-corrected chi connectivity index (χ4v) is 3.87. The van der Waals surface area contributed by atoms with Crippen LogP contribution >= 0.6 is 0 Å². The molecule has 0 saturated heterocycles.